The second-order valence-electron chi connectivity index (χ2n) is 10.4. The predicted octanol–water partition coefficient (Wildman–Crippen LogP) is 2.22. The van der Waals surface area contributed by atoms with E-state index in [9.17, 15) is 27.2 Å². The van der Waals surface area contributed by atoms with Gasteiger partial charge in [0.2, 0.25) is 16.0 Å². The van der Waals surface area contributed by atoms with Crippen molar-refractivity contribution in [3.8, 4) is 5.95 Å². The Morgan fingerprint density at radius 2 is 1.71 bits per heavy atom. The minimum absolute atomic E-state index is 0.00774. The monoisotopic (exact) mass is 579 g/mol. The topological polar surface area (TPSA) is 156 Å². The molecule has 3 aromatic heterocycles. The van der Waals surface area contributed by atoms with Crippen LogP contribution in [-0.2, 0) is 24.1 Å². The lowest BCUT2D eigenvalue weighted by atomic mass is 10.1. The van der Waals surface area contributed by atoms with Crippen LogP contribution in [0.1, 0.15) is 30.0 Å². The molecule has 0 atom stereocenters. The number of nitrogens with two attached hydrogens (primary N) is 1. The second-order valence-corrected chi connectivity index (χ2v) is 11.9. The molecule has 2 aromatic carbocycles. The van der Waals surface area contributed by atoms with Crippen molar-refractivity contribution in [1.29, 1.82) is 0 Å². The van der Waals surface area contributed by atoms with Gasteiger partial charge in [0.25, 0.3) is 11.1 Å². The molecule has 0 saturated heterocycles. The van der Waals surface area contributed by atoms with Gasteiger partial charge in [-0.15, -0.1) is 0 Å². The van der Waals surface area contributed by atoms with E-state index in [4.69, 9.17) is 5.14 Å². The molecule has 41 heavy (non-hydrogen) atoms. The molecule has 6 rings (SSSR count). The lowest BCUT2D eigenvalue weighted by Gasteiger charge is -2.20. The molecular weight excluding hydrogens is 553 g/mol. The van der Waals surface area contributed by atoms with E-state index in [0.29, 0.717) is 23.9 Å². The molecule has 1 saturated carbocycles. The highest BCUT2D eigenvalue weighted by atomic mass is 32.2. The van der Waals surface area contributed by atoms with E-state index in [2.05, 4.69) is 10.3 Å². The van der Waals surface area contributed by atoms with Gasteiger partial charge in [-0.2, -0.15) is 0 Å². The third-order valence-electron chi connectivity index (χ3n) is 7.49. The van der Waals surface area contributed by atoms with E-state index in [0.717, 1.165) is 4.57 Å². The Labute approximate surface area is 232 Å². The van der Waals surface area contributed by atoms with Crippen molar-refractivity contribution >= 4 is 43.5 Å². The molecule has 1 fully saturated rings. The fourth-order valence-electron chi connectivity index (χ4n) is 5.19. The standard InChI is InChI=1S/C27H26FN7O5S/c1-13-5-9-18(17(28)11-13)30-23-21-22(14(2)24(36)33(23)4)35(27(38)34(25(21)37)15-6-7-15)26-31-19-12-16(41(29,39)40)8-10-20(19)32(26)3/h5,8-12,15,30H,6-7H2,1-4H3,(H2,29,39,40). The van der Waals surface area contributed by atoms with Crippen LogP contribution in [0.15, 0.2) is 55.7 Å². The van der Waals surface area contributed by atoms with Crippen LogP contribution in [0.25, 0.3) is 27.9 Å². The molecule has 212 valence electrons. The number of aromatic nitrogens is 5. The summed E-state index contributed by atoms with van der Waals surface area (Å²) >= 11 is 0. The summed E-state index contributed by atoms with van der Waals surface area (Å²) in [6.07, 6.45) is 1.22. The summed E-state index contributed by atoms with van der Waals surface area (Å²) in [7, 11) is -0.936. The number of imidazole rings is 1. The minimum atomic E-state index is -4.03. The highest BCUT2D eigenvalue weighted by Gasteiger charge is 2.32. The molecule has 0 amide bonds. The third-order valence-corrected chi connectivity index (χ3v) is 8.40. The average Bonchev–Trinajstić information content (AvgIpc) is 3.69. The number of sulfonamides is 1. The van der Waals surface area contributed by atoms with Crippen molar-refractivity contribution in [1.82, 2.24) is 23.3 Å². The first-order chi connectivity index (χ1) is 19.3. The molecule has 0 unspecified atom stereocenters. The van der Waals surface area contributed by atoms with E-state index in [1.807, 2.05) is 0 Å². The number of aryl methyl sites for hydroxylation is 3. The van der Waals surface area contributed by atoms with E-state index < -0.39 is 32.6 Å². The molecule has 0 radical (unpaired) electrons. The fourth-order valence-corrected chi connectivity index (χ4v) is 5.73. The summed E-state index contributed by atoms with van der Waals surface area (Å²) in [5.74, 6) is -0.510. The van der Waals surface area contributed by atoms with Crippen LogP contribution in [0.5, 0.6) is 0 Å². The zero-order valence-corrected chi connectivity index (χ0v) is 23.4. The lowest BCUT2D eigenvalue weighted by molar-refractivity contribution is 0.598. The number of anilines is 2. The Kier molecular flexibility index (Phi) is 5.83. The van der Waals surface area contributed by atoms with Crippen molar-refractivity contribution in [2.24, 2.45) is 19.2 Å². The first-order valence-electron chi connectivity index (χ1n) is 12.7. The molecule has 12 nitrogen and oxygen atoms in total. The van der Waals surface area contributed by atoms with Crippen molar-refractivity contribution in [3.63, 3.8) is 0 Å². The number of nitrogens with zero attached hydrogens (tertiary/aromatic N) is 5. The molecule has 0 aliphatic heterocycles. The molecular formula is C27H26FN7O5S. The molecule has 3 N–H and O–H groups in total. The Balaban J connectivity index is 1.76. The predicted molar refractivity (Wildman–Crippen MR) is 152 cm³/mol. The summed E-state index contributed by atoms with van der Waals surface area (Å²) in [6, 6.07) is 8.29. The molecule has 1 aliphatic rings. The first kappa shape index (κ1) is 26.7. The number of primary sulfonamides is 1. The summed E-state index contributed by atoms with van der Waals surface area (Å²) < 4.78 is 43.9. The van der Waals surface area contributed by atoms with Crippen molar-refractivity contribution < 1.29 is 12.8 Å². The van der Waals surface area contributed by atoms with Crippen molar-refractivity contribution in [3.05, 3.63) is 84.5 Å². The number of halogens is 1. The Morgan fingerprint density at radius 1 is 1.00 bits per heavy atom. The zero-order chi connectivity index (χ0) is 29.5. The summed E-state index contributed by atoms with van der Waals surface area (Å²) in [5, 5.41) is 8.23. The first-order valence-corrected chi connectivity index (χ1v) is 14.3. The van der Waals surface area contributed by atoms with E-state index in [-0.39, 0.29) is 50.4 Å². The van der Waals surface area contributed by atoms with Gasteiger partial charge in [-0.25, -0.2) is 32.3 Å². The van der Waals surface area contributed by atoms with Crippen LogP contribution >= 0.6 is 0 Å². The Hall–Kier alpha value is -4.56. The van der Waals surface area contributed by atoms with Crippen LogP contribution < -0.4 is 27.3 Å². The number of pyridine rings is 1. The smallest absolute Gasteiger partial charge is 0.338 e. The number of fused-ring (bicyclic) bond motifs is 2. The van der Waals surface area contributed by atoms with Crippen LogP contribution in [0.4, 0.5) is 15.9 Å². The number of nitrogens with one attached hydrogen (secondary N) is 1. The average molecular weight is 580 g/mol. The van der Waals surface area contributed by atoms with Crippen LogP contribution in [0, 0.1) is 19.7 Å². The maximum absolute atomic E-state index is 14.9. The maximum Gasteiger partial charge on any atom is 0.338 e. The Bertz CT molecular complexity index is 2240. The summed E-state index contributed by atoms with van der Waals surface area (Å²) in [5.41, 5.74) is -0.256. The summed E-state index contributed by atoms with van der Waals surface area (Å²) in [4.78, 5) is 45.9. The number of hydrogen-bond acceptors (Lipinski definition) is 7. The number of rotatable bonds is 5. The normalized spacial score (nSPS) is 13.8. The van der Waals surface area contributed by atoms with Gasteiger partial charge in [-0.1, -0.05) is 6.07 Å². The SMILES string of the molecule is Cc1ccc(Nc2c3c(=O)n(C4CC4)c(=O)n(-c4nc5cc(S(N)(=O)=O)ccc5n4C)c3c(C)c(=O)n2C)c(F)c1. The van der Waals surface area contributed by atoms with E-state index in [1.54, 1.807) is 24.6 Å². The highest BCUT2D eigenvalue weighted by Crippen LogP contribution is 2.34. The quantitative estimate of drug-likeness (QED) is 0.323. The zero-order valence-electron chi connectivity index (χ0n) is 22.6. The fraction of sp³-hybridized carbons (Fsp3) is 0.259. The number of hydrogen-bond donors (Lipinski definition) is 2. The van der Waals surface area contributed by atoms with Gasteiger partial charge in [0.1, 0.15) is 17.0 Å². The van der Waals surface area contributed by atoms with Crippen LogP contribution in [0.2, 0.25) is 0 Å². The van der Waals surface area contributed by atoms with Gasteiger partial charge in [-0.05, 0) is 62.6 Å². The maximum atomic E-state index is 14.9. The van der Waals surface area contributed by atoms with Crippen LogP contribution in [-0.4, -0.2) is 31.7 Å². The largest absolute Gasteiger partial charge is 0.338 e. The molecule has 0 spiro atoms. The van der Waals surface area contributed by atoms with E-state index in [1.165, 1.54) is 53.4 Å². The molecule has 3 heterocycles. The van der Waals surface area contributed by atoms with Crippen molar-refractivity contribution in [2.45, 2.75) is 37.6 Å². The molecule has 14 heteroatoms. The summed E-state index contributed by atoms with van der Waals surface area (Å²) in [6.45, 7) is 3.24. The van der Waals surface area contributed by atoms with Gasteiger partial charge in [0, 0.05) is 25.7 Å². The van der Waals surface area contributed by atoms with Gasteiger partial charge in [-0.3, -0.25) is 18.7 Å². The van der Waals surface area contributed by atoms with E-state index >= 15 is 0 Å². The molecule has 5 aromatic rings. The van der Waals surface area contributed by atoms with Crippen molar-refractivity contribution in [2.75, 3.05) is 5.32 Å². The minimum Gasteiger partial charge on any atom is -0.338 e. The Morgan fingerprint density at radius 3 is 2.34 bits per heavy atom. The van der Waals surface area contributed by atoms with Gasteiger partial charge >= 0.3 is 5.69 Å². The highest BCUT2D eigenvalue weighted by molar-refractivity contribution is 7.89. The van der Waals surface area contributed by atoms with Gasteiger partial charge in [0.15, 0.2) is 0 Å². The van der Waals surface area contributed by atoms with Crippen LogP contribution in [0.3, 0.4) is 0 Å². The van der Waals surface area contributed by atoms with Gasteiger partial charge < -0.3 is 9.88 Å². The molecule has 1 aliphatic carbocycles. The third kappa shape index (κ3) is 4.09. The number of benzene rings is 2. The lowest BCUT2D eigenvalue weighted by Crippen LogP contribution is -2.42. The second kappa shape index (κ2) is 8.97. The van der Waals surface area contributed by atoms with Gasteiger partial charge in [0.05, 0.1) is 27.1 Å². The molecule has 0 bridgehead atoms.